The first kappa shape index (κ1) is 21.7. The largest absolute Gasteiger partial charge is 0.490 e. The van der Waals surface area contributed by atoms with Gasteiger partial charge in [0.15, 0.2) is 0 Å². The second kappa shape index (κ2) is 9.79. The Hall–Kier alpha value is -3.12. The number of piperidine rings is 1. The van der Waals surface area contributed by atoms with E-state index in [4.69, 9.17) is 4.74 Å². The third-order valence-electron chi connectivity index (χ3n) is 6.88. The Morgan fingerprint density at radius 2 is 1.67 bits per heavy atom. The molecule has 2 aliphatic rings. The molecule has 0 radical (unpaired) electrons. The predicted octanol–water partition coefficient (Wildman–Crippen LogP) is 5.22. The summed E-state index contributed by atoms with van der Waals surface area (Å²) in [6.07, 6.45) is 11.3. The van der Waals surface area contributed by atoms with E-state index in [0.717, 1.165) is 54.7 Å². The van der Waals surface area contributed by atoms with E-state index in [-0.39, 0.29) is 12.0 Å². The second-order valence-electron chi connectivity index (χ2n) is 9.28. The van der Waals surface area contributed by atoms with Crippen molar-refractivity contribution in [2.45, 2.75) is 57.6 Å². The van der Waals surface area contributed by atoms with E-state index in [1.807, 2.05) is 55.5 Å². The molecule has 3 aromatic rings. The van der Waals surface area contributed by atoms with Gasteiger partial charge in [0.05, 0.1) is 17.4 Å². The molecule has 1 saturated heterocycles. The highest BCUT2D eigenvalue weighted by atomic mass is 16.5. The van der Waals surface area contributed by atoms with Gasteiger partial charge in [0.25, 0.3) is 5.91 Å². The Morgan fingerprint density at radius 1 is 0.970 bits per heavy atom. The van der Waals surface area contributed by atoms with Crippen LogP contribution in [0.3, 0.4) is 0 Å². The molecule has 0 bridgehead atoms. The molecule has 6 nitrogen and oxygen atoms in total. The number of amides is 1. The molecular formula is C27H32N4O2. The number of carbonyl (C=O) groups excluding carboxylic acids is 1. The Kier molecular flexibility index (Phi) is 6.44. The molecule has 2 fully saturated rings. The van der Waals surface area contributed by atoms with Crippen molar-refractivity contribution in [3.63, 3.8) is 0 Å². The molecule has 1 N–H and O–H groups in total. The Labute approximate surface area is 195 Å². The number of nitrogens with zero attached hydrogens (tertiary/aromatic N) is 3. The maximum atomic E-state index is 12.5. The summed E-state index contributed by atoms with van der Waals surface area (Å²) in [6, 6.07) is 16.5. The summed E-state index contributed by atoms with van der Waals surface area (Å²) in [5.74, 6) is 0.719. The number of aryl methyl sites for hydroxylation is 1. The lowest BCUT2D eigenvalue weighted by molar-refractivity contribution is 0.0768. The third kappa shape index (κ3) is 5.28. The summed E-state index contributed by atoms with van der Waals surface area (Å²) in [4.78, 5) is 15.2. The van der Waals surface area contributed by atoms with E-state index in [1.54, 1.807) is 17.1 Å². The van der Waals surface area contributed by atoms with E-state index in [2.05, 4.69) is 15.3 Å². The molecule has 1 aliphatic heterocycles. The van der Waals surface area contributed by atoms with Gasteiger partial charge >= 0.3 is 0 Å². The normalized spacial score (nSPS) is 17.8. The fourth-order valence-corrected chi connectivity index (χ4v) is 4.92. The molecule has 0 spiro atoms. The molecule has 2 heterocycles. The molecule has 33 heavy (non-hydrogen) atoms. The molecule has 2 aromatic carbocycles. The first-order valence-electron chi connectivity index (χ1n) is 12.1. The summed E-state index contributed by atoms with van der Waals surface area (Å²) in [5.41, 5.74) is 3.34. The molecular weight excluding hydrogens is 412 g/mol. The van der Waals surface area contributed by atoms with Crippen LogP contribution in [-0.2, 0) is 0 Å². The molecule has 1 aromatic heterocycles. The lowest BCUT2D eigenvalue weighted by atomic mass is 10.0. The minimum Gasteiger partial charge on any atom is -0.490 e. The minimum atomic E-state index is -0.172. The zero-order valence-corrected chi connectivity index (χ0v) is 19.2. The molecule has 172 valence electrons. The van der Waals surface area contributed by atoms with Crippen molar-refractivity contribution in [2.75, 3.05) is 18.4 Å². The van der Waals surface area contributed by atoms with E-state index in [0.29, 0.717) is 5.56 Å². The Bertz CT molecular complexity index is 1060. The maximum absolute atomic E-state index is 12.5. The summed E-state index contributed by atoms with van der Waals surface area (Å²) >= 11 is 0. The van der Waals surface area contributed by atoms with Gasteiger partial charge in [-0.3, -0.25) is 4.79 Å². The summed E-state index contributed by atoms with van der Waals surface area (Å²) in [5, 5.41) is 7.27. The average Bonchev–Trinajstić information content (AvgIpc) is 3.55. The topological polar surface area (TPSA) is 59.4 Å². The lowest BCUT2D eigenvalue weighted by Crippen LogP contribution is -2.43. The van der Waals surface area contributed by atoms with Crippen LogP contribution in [0.15, 0.2) is 60.9 Å². The van der Waals surface area contributed by atoms with Crippen LogP contribution in [0.5, 0.6) is 5.75 Å². The number of hydrogen-bond acceptors (Lipinski definition) is 4. The number of nitrogens with one attached hydrogen (secondary N) is 1. The summed E-state index contributed by atoms with van der Waals surface area (Å²) < 4.78 is 7.97. The quantitative estimate of drug-likeness (QED) is 0.566. The number of ether oxygens (including phenoxy) is 1. The molecule has 1 amide bonds. The number of likely N-dealkylation sites (tertiary alicyclic amines) is 1. The van der Waals surface area contributed by atoms with Crippen molar-refractivity contribution in [3.8, 4) is 11.4 Å². The van der Waals surface area contributed by atoms with Crippen molar-refractivity contribution in [2.24, 2.45) is 0 Å². The van der Waals surface area contributed by atoms with Crippen molar-refractivity contribution in [1.29, 1.82) is 0 Å². The van der Waals surface area contributed by atoms with Gasteiger partial charge in [-0.25, -0.2) is 4.68 Å². The molecule has 5 rings (SSSR count). The summed E-state index contributed by atoms with van der Waals surface area (Å²) in [6.45, 7) is 4.31. The van der Waals surface area contributed by atoms with Crippen molar-refractivity contribution in [3.05, 3.63) is 72.1 Å². The smallest absolute Gasteiger partial charge is 0.258 e. The highest BCUT2D eigenvalue weighted by molar-refractivity contribution is 6.04. The Morgan fingerprint density at radius 3 is 2.36 bits per heavy atom. The Balaban J connectivity index is 1.15. The first-order valence-corrected chi connectivity index (χ1v) is 12.1. The van der Waals surface area contributed by atoms with Crippen LogP contribution < -0.4 is 10.1 Å². The standard InChI is InChI=1S/C27H32N4O2/c1-20-6-8-22(9-7-20)29-27(32)21-18-28-31(19-21)24-10-12-25(13-11-24)33-26-14-16-30(17-15-26)23-4-2-3-5-23/h6-13,18-19,23,26H,2-5,14-17H2,1H3,(H,29,32). The monoisotopic (exact) mass is 444 g/mol. The second-order valence-corrected chi connectivity index (χ2v) is 9.28. The van der Waals surface area contributed by atoms with E-state index >= 15 is 0 Å². The molecule has 0 atom stereocenters. The number of benzene rings is 2. The number of hydrogen-bond donors (Lipinski definition) is 1. The van der Waals surface area contributed by atoms with Crippen LogP contribution in [-0.4, -0.2) is 45.8 Å². The van der Waals surface area contributed by atoms with E-state index < -0.39 is 0 Å². The van der Waals surface area contributed by atoms with Crippen LogP contribution in [0.1, 0.15) is 54.4 Å². The van der Waals surface area contributed by atoms with Gasteiger partial charge in [-0.1, -0.05) is 30.5 Å². The lowest BCUT2D eigenvalue weighted by Gasteiger charge is -2.36. The molecule has 6 heteroatoms. The number of aromatic nitrogens is 2. The van der Waals surface area contributed by atoms with Gasteiger partial charge in [0.2, 0.25) is 0 Å². The molecule has 1 saturated carbocycles. The highest BCUT2D eigenvalue weighted by Crippen LogP contribution is 2.27. The zero-order chi connectivity index (χ0) is 22.6. The van der Waals surface area contributed by atoms with Gasteiger partial charge in [-0.2, -0.15) is 5.10 Å². The number of rotatable bonds is 6. The summed E-state index contributed by atoms with van der Waals surface area (Å²) in [7, 11) is 0. The number of anilines is 1. The predicted molar refractivity (Wildman–Crippen MR) is 130 cm³/mol. The van der Waals surface area contributed by atoms with Gasteiger partial charge < -0.3 is 15.0 Å². The van der Waals surface area contributed by atoms with Crippen LogP contribution >= 0.6 is 0 Å². The number of carbonyl (C=O) groups is 1. The zero-order valence-electron chi connectivity index (χ0n) is 19.2. The van der Waals surface area contributed by atoms with Crippen LogP contribution in [0.4, 0.5) is 5.69 Å². The first-order chi connectivity index (χ1) is 16.1. The fourth-order valence-electron chi connectivity index (χ4n) is 4.92. The van der Waals surface area contributed by atoms with E-state index in [9.17, 15) is 4.79 Å². The van der Waals surface area contributed by atoms with Crippen molar-refractivity contribution < 1.29 is 9.53 Å². The van der Waals surface area contributed by atoms with E-state index in [1.165, 1.54) is 25.7 Å². The average molecular weight is 445 g/mol. The van der Waals surface area contributed by atoms with Crippen LogP contribution in [0, 0.1) is 6.92 Å². The van der Waals surface area contributed by atoms with Crippen molar-refractivity contribution in [1.82, 2.24) is 14.7 Å². The van der Waals surface area contributed by atoms with Gasteiger partial charge in [0.1, 0.15) is 11.9 Å². The molecule has 0 unspecified atom stereocenters. The fraction of sp³-hybridized carbons (Fsp3) is 0.407. The van der Waals surface area contributed by atoms with Gasteiger partial charge in [-0.05, 0) is 69.0 Å². The SMILES string of the molecule is Cc1ccc(NC(=O)c2cnn(-c3ccc(OC4CCN(C5CCCC5)CC4)cc3)c2)cc1. The van der Waals surface area contributed by atoms with Crippen LogP contribution in [0.2, 0.25) is 0 Å². The van der Waals surface area contributed by atoms with Crippen molar-refractivity contribution >= 4 is 11.6 Å². The van der Waals surface area contributed by atoms with Gasteiger partial charge in [-0.15, -0.1) is 0 Å². The maximum Gasteiger partial charge on any atom is 0.258 e. The van der Waals surface area contributed by atoms with Gasteiger partial charge in [0, 0.05) is 31.0 Å². The minimum absolute atomic E-state index is 0.172. The third-order valence-corrected chi connectivity index (χ3v) is 6.88. The highest BCUT2D eigenvalue weighted by Gasteiger charge is 2.27. The van der Waals surface area contributed by atoms with Crippen LogP contribution in [0.25, 0.3) is 5.69 Å². The molecule has 1 aliphatic carbocycles.